The quantitative estimate of drug-likeness (QED) is 0.682. The first kappa shape index (κ1) is 14.6. The SMILES string of the molecule is O=C(Nc1ccccc1)N1CCN(c2cnccn2)CC1Cl. The maximum Gasteiger partial charge on any atom is 0.323 e. The summed E-state index contributed by atoms with van der Waals surface area (Å²) < 4.78 is 0. The molecule has 1 aromatic heterocycles. The van der Waals surface area contributed by atoms with E-state index in [0.717, 1.165) is 11.5 Å². The number of para-hydroxylation sites is 1. The van der Waals surface area contributed by atoms with Crippen LogP contribution in [0.2, 0.25) is 0 Å². The molecule has 114 valence electrons. The summed E-state index contributed by atoms with van der Waals surface area (Å²) in [5.74, 6) is 0.774. The number of carbonyl (C=O) groups is 1. The Hall–Kier alpha value is -2.34. The number of rotatable bonds is 2. The molecule has 1 N–H and O–H groups in total. The van der Waals surface area contributed by atoms with Crippen molar-refractivity contribution in [3.8, 4) is 0 Å². The Morgan fingerprint density at radius 1 is 1.23 bits per heavy atom. The smallest absolute Gasteiger partial charge is 0.323 e. The van der Waals surface area contributed by atoms with Gasteiger partial charge in [0.25, 0.3) is 0 Å². The molecule has 0 spiro atoms. The van der Waals surface area contributed by atoms with Crippen LogP contribution in [0.25, 0.3) is 0 Å². The van der Waals surface area contributed by atoms with Crippen molar-refractivity contribution in [3.63, 3.8) is 0 Å². The standard InChI is InChI=1S/C15H16ClN5O/c16-13-11-20(14-10-17-6-7-18-14)8-9-21(13)15(22)19-12-4-2-1-3-5-12/h1-7,10,13H,8-9,11H2,(H,19,22). The number of alkyl halides is 1. The number of hydrogen-bond donors (Lipinski definition) is 1. The van der Waals surface area contributed by atoms with E-state index in [0.29, 0.717) is 19.6 Å². The molecule has 6 nitrogen and oxygen atoms in total. The van der Waals surface area contributed by atoms with Gasteiger partial charge < -0.3 is 15.1 Å². The van der Waals surface area contributed by atoms with Crippen molar-refractivity contribution in [2.24, 2.45) is 0 Å². The average Bonchev–Trinajstić information content (AvgIpc) is 2.56. The Labute approximate surface area is 133 Å². The average molecular weight is 318 g/mol. The fraction of sp³-hybridized carbons (Fsp3) is 0.267. The molecule has 2 heterocycles. The summed E-state index contributed by atoms with van der Waals surface area (Å²) in [7, 11) is 0. The van der Waals surface area contributed by atoms with Crippen molar-refractivity contribution in [2.45, 2.75) is 5.50 Å². The van der Waals surface area contributed by atoms with E-state index >= 15 is 0 Å². The molecule has 0 saturated carbocycles. The Morgan fingerprint density at radius 2 is 2.05 bits per heavy atom. The van der Waals surface area contributed by atoms with Gasteiger partial charge in [-0.1, -0.05) is 29.8 Å². The molecule has 1 saturated heterocycles. The molecule has 0 radical (unpaired) electrons. The fourth-order valence-corrected chi connectivity index (χ4v) is 2.70. The van der Waals surface area contributed by atoms with E-state index < -0.39 is 5.50 Å². The third kappa shape index (κ3) is 3.28. The third-order valence-corrected chi connectivity index (χ3v) is 3.85. The van der Waals surface area contributed by atoms with Gasteiger partial charge in [0.2, 0.25) is 0 Å². The highest BCUT2D eigenvalue weighted by Gasteiger charge is 2.29. The molecule has 1 fully saturated rings. The van der Waals surface area contributed by atoms with Crippen LogP contribution < -0.4 is 10.2 Å². The molecule has 0 aliphatic carbocycles. The minimum Gasteiger partial charge on any atom is -0.350 e. The van der Waals surface area contributed by atoms with Crippen molar-refractivity contribution in [1.29, 1.82) is 0 Å². The number of nitrogens with zero attached hydrogens (tertiary/aromatic N) is 4. The number of piperazine rings is 1. The summed E-state index contributed by atoms with van der Waals surface area (Å²) in [5.41, 5.74) is 0.340. The number of halogens is 1. The minimum atomic E-state index is -0.417. The zero-order valence-corrected chi connectivity index (χ0v) is 12.6. The van der Waals surface area contributed by atoms with Crippen LogP contribution in [0.1, 0.15) is 0 Å². The Morgan fingerprint density at radius 3 is 2.73 bits per heavy atom. The molecule has 7 heteroatoms. The Balaban J connectivity index is 1.62. The van der Waals surface area contributed by atoms with E-state index in [1.54, 1.807) is 23.5 Å². The molecule has 1 aliphatic rings. The topological polar surface area (TPSA) is 61.4 Å². The fourth-order valence-electron chi connectivity index (χ4n) is 2.35. The van der Waals surface area contributed by atoms with Gasteiger partial charge in [-0.3, -0.25) is 4.98 Å². The number of amides is 2. The Kier molecular flexibility index (Phi) is 4.39. The number of nitrogens with one attached hydrogen (secondary N) is 1. The summed E-state index contributed by atoms with van der Waals surface area (Å²) >= 11 is 6.36. The highest BCUT2D eigenvalue weighted by molar-refractivity contribution is 6.22. The van der Waals surface area contributed by atoms with E-state index in [-0.39, 0.29) is 6.03 Å². The number of urea groups is 1. The number of benzene rings is 1. The molecule has 1 unspecified atom stereocenters. The lowest BCUT2D eigenvalue weighted by Gasteiger charge is -2.38. The lowest BCUT2D eigenvalue weighted by molar-refractivity contribution is 0.200. The summed E-state index contributed by atoms with van der Waals surface area (Å²) in [6.45, 7) is 1.72. The van der Waals surface area contributed by atoms with Gasteiger partial charge in [0.05, 0.1) is 12.7 Å². The number of anilines is 2. The van der Waals surface area contributed by atoms with Crippen LogP contribution in [-0.2, 0) is 0 Å². The van der Waals surface area contributed by atoms with Gasteiger partial charge in [-0.05, 0) is 12.1 Å². The number of carbonyl (C=O) groups excluding carboxylic acids is 1. The van der Waals surface area contributed by atoms with Gasteiger partial charge in [-0.15, -0.1) is 0 Å². The second kappa shape index (κ2) is 6.62. The first-order valence-electron chi connectivity index (χ1n) is 7.02. The lowest BCUT2D eigenvalue weighted by Crippen LogP contribution is -2.54. The summed E-state index contributed by atoms with van der Waals surface area (Å²) in [5, 5.41) is 2.85. The molecule has 22 heavy (non-hydrogen) atoms. The Bertz CT molecular complexity index is 624. The van der Waals surface area contributed by atoms with Gasteiger partial charge in [-0.2, -0.15) is 0 Å². The molecule has 1 atom stereocenters. The lowest BCUT2D eigenvalue weighted by atomic mass is 10.3. The highest BCUT2D eigenvalue weighted by atomic mass is 35.5. The van der Waals surface area contributed by atoms with Crippen LogP contribution >= 0.6 is 11.6 Å². The highest BCUT2D eigenvalue weighted by Crippen LogP contribution is 2.19. The first-order chi connectivity index (χ1) is 10.7. The maximum absolute atomic E-state index is 12.3. The van der Waals surface area contributed by atoms with Gasteiger partial charge in [0.1, 0.15) is 11.3 Å². The maximum atomic E-state index is 12.3. The molecular formula is C15H16ClN5O. The molecule has 3 rings (SSSR count). The van der Waals surface area contributed by atoms with Crippen molar-refractivity contribution in [3.05, 3.63) is 48.9 Å². The summed E-state index contributed by atoms with van der Waals surface area (Å²) in [6.07, 6.45) is 4.97. The van der Waals surface area contributed by atoms with Gasteiger partial charge >= 0.3 is 6.03 Å². The predicted molar refractivity (Wildman–Crippen MR) is 86.1 cm³/mol. The molecule has 1 aliphatic heterocycles. The van der Waals surface area contributed by atoms with Crippen molar-refractivity contribution in [1.82, 2.24) is 14.9 Å². The molecule has 2 amide bonds. The van der Waals surface area contributed by atoms with E-state index in [1.807, 2.05) is 35.2 Å². The molecule has 0 bridgehead atoms. The van der Waals surface area contributed by atoms with Crippen LogP contribution in [0.3, 0.4) is 0 Å². The van der Waals surface area contributed by atoms with Crippen molar-refractivity contribution in [2.75, 3.05) is 29.9 Å². The van der Waals surface area contributed by atoms with E-state index in [9.17, 15) is 4.79 Å². The van der Waals surface area contributed by atoms with Crippen LogP contribution in [0.15, 0.2) is 48.9 Å². The van der Waals surface area contributed by atoms with Crippen LogP contribution in [0.5, 0.6) is 0 Å². The first-order valence-corrected chi connectivity index (χ1v) is 7.45. The molecule has 1 aromatic carbocycles. The van der Waals surface area contributed by atoms with E-state index in [4.69, 9.17) is 11.6 Å². The summed E-state index contributed by atoms with van der Waals surface area (Å²) in [4.78, 5) is 24.3. The van der Waals surface area contributed by atoms with Crippen LogP contribution in [-0.4, -0.2) is 46.0 Å². The third-order valence-electron chi connectivity index (χ3n) is 3.48. The van der Waals surface area contributed by atoms with Crippen LogP contribution in [0, 0.1) is 0 Å². The second-order valence-electron chi connectivity index (χ2n) is 4.93. The van der Waals surface area contributed by atoms with Gasteiger partial charge in [-0.25, -0.2) is 9.78 Å². The monoisotopic (exact) mass is 317 g/mol. The second-order valence-corrected chi connectivity index (χ2v) is 5.44. The molecular weight excluding hydrogens is 302 g/mol. The number of hydrogen-bond acceptors (Lipinski definition) is 4. The van der Waals surface area contributed by atoms with Crippen molar-refractivity contribution < 1.29 is 4.79 Å². The summed E-state index contributed by atoms with van der Waals surface area (Å²) in [6, 6.07) is 9.15. The van der Waals surface area contributed by atoms with E-state index in [2.05, 4.69) is 15.3 Å². The minimum absolute atomic E-state index is 0.190. The van der Waals surface area contributed by atoms with Crippen LogP contribution in [0.4, 0.5) is 16.3 Å². The van der Waals surface area contributed by atoms with E-state index in [1.165, 1.54) is 0 Å². The molecule has 2 aromatic rings. The predicted octanol–water partition coefficient (Wildman–Crippen LogP) is 2.40. The van der Waals surface area contributed by atoms with Crippen molar-refractivity contribution >= 4 is 29.1 Å². The largest absolute Gasteiger partial charge is 0.350 e. The van der Waals surface area contributed by atoms with Gasteiger partial charge in [0.15, 0.2) is 0 Å². The van der Waals surface area contributed by atoms with Gasteiger partial charge in [0, 0.05) is 31.2 Å². The number of aromatic nitrogens is 2. The normalized spacial score (nSPS) is 18.1. The zero-order chi connectivity index (χ0) is 15.4. The zero-order valence-electron chi connectivity index (χ0n) is 11.9.